The minimum absolute atomic E-state index is 0.0580. The van der Waals surface area contributed by atoms with Crippen molar-refractivity contribution in [2.45, 2.75) is 51.2 Å². The summed E-state index contributed by atoms with van der Waals surface area (Å²) >= 11 is 0. The Morgan fingerprint density at radius 2 is 1.46 bits per heavy atom. The normalized spacial score (nSPS) is 27.1. The number of aliphatic hydroxyl groups excluding tert-OH is 1. The first-order chi connectivity index (χ1) is 11.7. The van der Waals surface area contributed by atoms with Gasteiger partial charge in [-0.3, -0.25) is 0 Å². The van der Waals surface area contributed by atoms with Gasteiger partial charge in [0.25, 0.3) is 0 Å². The van der Waals surface area contributed by atoms with E-state index >= 15 is 0 Å². The molecule has 0 amide bonds. The molecule has 4 nitrogen and oxygen atoms in total. The highest BCUT2D eigenvalue weighted by Gasteiger charge is 2.38. The van der Waals surface area contributed by atoms with E-state index in [0.717, 1.165) is 11.1 Å². The van der Waals surface area contributed by atoms with Gasteiger partial charge in [0.05, 0.1) is 25.4 Å². The van der Waals surface area contributed by atoms with Gasteiger partial charge in [0.2, 0.25) is 0 Å². The third kappa shape index (κ3) is 4.65. The van der Waals surface area contributed by atoms with Gasteiger partial charge in [-0.1, -0.05) is 60.7 Å². The molecular formula is C20H24O4. The van der Waals surface area contributed by atoms with E-state index in [9.17, 15) is 5.11 Å². The Balaban J connectivity index is 1.61. The van der Waals surface area contributed by atoms with Crippen LogP contribution < -0.4 is 0 Å². The van der Waals surface area contributed by atoms with Crippen molar-refractivity contribution in [3.8, 4) is 0 Å². The molecule has 0 radical (unpaired) electrons. The molecule has 0 saturated carbocycles. The van der Waals surface area contributed by atoms with Gasteiger partial charge in [-0.25, -0.2) is 0 Å². The van der Waals surface area contributed by atoms with Crippen LogP contribution >= 0.6 is 0 Å². The molecule has 3 rings (SSSR count). The first kappa shape index (κ1) is 17.1. The van der Waals surface area contributed by atoms with E-state index in [2.05, 4.69) is 0 Å². The molecule has 0 spiro atoms. The molecule has 4 atom stereocenters. The Morgan fingerprint density at radius 3 is 2.04 bits per heavy atom. The standard InChI is InChI=1S/C20H24O4/c1-15-12-18(22-13-16-8-4-2-5-9-16)19(20(21)24-15)23-14-17-10-6-3-7-11-17/h2-11,15,18-21H,12-14H2,1H3/t15-,18-,19+,20?/m0/s1. The Kier molecular flexibility index (Phi) is 5.99. The lowest BCUT2D eigenvalue weighted by atomic mass is 10.0. The summed E-state index contributed by atoms with van der Waals surface area (Å²) in [6.07, 6.45) is -1.03. The highest BCUT2D eigenvalue weighted by molar-refractivity contribution is 5.14. The van der Waals surface area contributed by atoms with Gasteiger partial charge < -0.3 is 19.3 Å². The number of aliphatic hydroxyl groups is 1. The lowest BCUT2D eigenvalue weighted by Gasteiger charge is -2.38. The Morgan fingerprint density at radius 1 is 0.917 bits per heavy atom. The maximum Gasteiger partial charge on any atom is 0.184 e. The summed E-state index contributed by atoms with van der Waals surface area (Å²) < 4.78 is 17.5. The monoisotopic (exact) mass is 328 g/mol. The molecule has 4 heteroatoms. The van der Waals surface area contributed by atoms with Crippen molar-refractivity contribution in [2.24, 2.45) is 0 Å². The van der Waals surface area contributed by atoms with Crippen LogP contribution in [0.1, 0.15) is 24.5 Å². The molecule has 1 unspecified atom stereocenters. The van der Waals surface area contributed by atoms with Gasteiger partial charge in [-0.15, -0.1) is 0 Å². The molecule has 1 heterocycles. The maximum atomic E-state index is 10.3. The first-order valence-corrected chi connectivity index (χ1v) is 8.37. The SMILES string of the molecule is C[C@H]1C[C@H](OCc2ccccc2)[C@@H](OCc2ccccc2)C(O)O1. The summed E-state index contributed by atoms with van der Waals surface area (Å²) in [5.74, 6) is 0. The Labute approximate surface area is 143 Å². The van der Waals surface area contributed by atoms with Gasteiger partial charge in [0.1, 0.15) is 6.10 Å². The predicted octanol–water partition coefficient (Wildman–Crippen LogP) is 3.28. The van der Waals surface area contributed by atoms with E-state index in [4.69, 9.17) is 14.2 Å². The second-order valence-corrected chi connectivity index (χ2v) is 6.17. The summed E-state index contributed by atoms with van der Waals surface area (Å²) in [7, 11) is 0. The van der Waals surface area contributed by atoms with E-state index in [1.165, 1.54) is 0 Å². The van der Waals surface area contributed by atoms with Gasteiger partial charge >= 0.3 is 0 Å². The molecule has 0 aliphatic carbocycles. The molecule has 24 heavy (non-hydrogen) atoms. The number of ether oxygens (including phenoxy) is 3. The van der Waals surface area contributed by atoms with E-state index in [1.54, 1.807) is 0 Å². The quantitative estimate of drug-likeness (QED) is 0.884. The van der Waals surface area contributed by atoms with Crippen LogP contribution in [0.3, 0.4) is 0 Å². The highest BCUT2D eigenvalue weighted by Crippen LogP contribution is 2.25. The van der Waals surface area contributed by atoms with Crippen LogP contribution in [-0.2, 0) is 27.4 Å². The number of benzene rings is 2. The summed E-state index contributed by atoms with van der Waals surface area (Å²) in [5, 5.41) is 10.3. The summed E-state index contributed by atoms with van der Waals surface area (Å²) in [5.41, 5.74) is 2.16. The molecule has 128 valence electrons. The maximum absolute atomic E-state index is 10.3. The third-order valence-electron chi connectivity index (χ3n) is 4.18. The van der Waals surface area contributed by atoms with Crippen molar-refractivity contribution in [3.05, 3.63) is 71.8 Å². The molecule has 1 fully saturated rings. The Hall–Kier alpha value is -1.72. The average Bonchev–Trinajstić information content (AvgIpc) is 2.61. The van der Waals surface area contributed by atoms with E-state index in [1.807, 2.05) is 67.6 Å². The van der Waals surface area contributed by atoms with Gasteiger partial charge in [-0.05, 0) is 18.1 Å². The molecule has 0 aromatic heterocycles. The zero-order valence-electron chi connectivity index (χ0n) is 13.9. The van der Waals surface area contributed by atoms with Crippen molar-refractivity contribution < 1.29 is 19.3 Å². The minimum Gasteiger partial charge on any atom is -0.371 e. The fraction of sp³-hybridized carbons (Fsp3) is 0.400. The van der Waals surface area contributed by atoms with E-state index < -0.39 is 12.4 Å². The number of rotatable bonds is 6. The third-order valence-corrected chi connectivity index (χ3v) is 4.18. The molecular weight excluding hydrogens is 304 g/mol. The van der Waals surface area contributed by atoms with Gasteiger partial charge in [0, 0.05) is 6.42 Å². The predicted molar refractivity (Wildman–Crippen MR) is 91.2 cm³/mol. The molecule has 1 N–H and O–H groups in total. The van der Waals surface area contributed by atoms with Crippen LogP contribution in [-0.4, -0.2) is 29.7 Å². The van der Waals surface area contributed by atoms with Crippen molar-refractivity contribution in [2.75, 3.05) is 0 Å². The zero-order valence-corrected chi connectivity index (χ0v) is 13.9. The van der Waals surface area contributed by atoms with Crippen LogP contribution in [0, 0.1) is 0 Å². The first-order valence-electron chi connectivity index (χ1n) is 8.37. The smallest absolute Gasteiger partial charge is 0.184 e. The fourth-order valence-corrected chi connectivity index (χ4v) is 2.91. The van der Waals surface area contributed by atoms with Crippen molar-refractivity contribution >= 4 is 0 Å². The topological polar surface area (TPSA) is 47.9 Å². The van der Waals surface area contributed by atoms with Crippen LogP contribution in [0.5, 0.6) is 0 Å². The molecule has 1 aliphatic heterocycles. The summed E-state index contributed by atoms with van der Waals surface area (Å²) in [6, 6.07) is 19.9. The van der Waals surface area contributed by atoms with Crippen molar-refractivity contribution in [1.82, 2.24) is 0 Å². The van der Waals surface area contributed by atoms with E-state index in [0.29, 0.717) is 19.6 Å². The van der Waals surface area contributed by atoms with Crippen LogP contribution in [0.15, 0.2) is 60.7 Å². The minimum atomic E-state index is -0.974. The van der Waals surface area contributed by atoms with E-state index in [-0.39, 0.29) is 12.2 Å². The van der Waals surface area contributed by atoms with Crippen molar-refractivity contribution in [3.63, 3.8) is 0 Å². The zero-order chi connectivity index (χ0) is 16.8. The molecule has 1 saturated heterocycles. The van der Waals surface area contributed by atoms with Crippen LogP contribution in [0.4, 0.5) is 0 Å². The summed E-state index contributed by atoms with van der Waals surface area (Å²) in [4.78, 5) is 0. The van der Waals surface area contributed by atoms with Crippen LogP contribution in [0.2, 0.25) is 0 Å². The summed E-state index contributed by atoms with van der Waals surface area (Å²) in [6.45, 7) is 2.86. The second-order valence-electron chi connectivity index (χ2n) is 6.17. The number of hydrogen-bond donors (Lipinski definition) is 1. The molecule has 2 aromatic carbocycles. The lowest BCUT2D eigenvalue weighted by Crippen LogP contribution is -2.49. The second kappa shape index (κ2) is 8.40. The fourth-order valence-electron chi connectivity index (χ4n) is 2.91. The average molecular weight is 328 g/mol. The van der Waals surface area contributed by atoms with Crippen LogP contribution in [0.25, 0.3) is 0 Å². The molecule has 1 aliphatic rings. The lowest BCUT2D eigenvalue weighted by molar-refractivity contribution is -0.268. The Bertz CT molecular complexity index is 602. The largest absolute Gasteiger partial charge is 0.371 e. The van der Waals surface area contributed by atoms with Gasteiger partial charge in [0.15, 0.2) is 6.29 Å². The molecule has 2 aromatic rings. The number of hydrogen-bond acceptors (Lipinski definition) is 4. The van der Waals surface area contributed by atoms with Crippen molar-refractivity contribution in [1.29, 1.82) is 0 Å². The molecule has 0 bridgehead atoms. The highest BCUT2D eigenvalue weighted by atomic mass is 16.7. The van der Waals surface area contributed by atoms with Gasteiger partial charge in [-0.2, -0.15) is 0 Å².